The molecule has 2 nitrogen and oxygen atoms in total. The summed E-state index contributed by atoms with van der Waals surface area (Å²) >= 11 is 0. The quantitative estimate of drug-likeness (QED) is 0.654. The van der Waals surface area contributed by atoms with Gasteiger partial charge in [-0.05, 0) is 30.5 Å². The summed E-state index contributed by atoms with van der Waals surface area (Å²) in [6.07, 6.45) is 0. The number of hydrogen-bond acceptors (Lipinski definition) is 2. The van der Waals surface area contributed by atoms with Gasteiger partial charge < -0.3 is 5.32 Å². The summed E-state index contributed by atoms with van der Waals surface area (Å²) in [5, 5.41) is 3.29. The number of nitrogens with one attached hydrogen (secondary N) is 1. The van der Waals surface area contributed by atoms with Gasteiger partial charge in [-0.25, -0.2) is 4.98 Å². The monoisotopic (exact) mass is 236 g/mol. The fourth-order valence-corrected chi connectivity index (χ4v) is 1.61. The maximum absolute atomic E-state index is 4.33. The van der Waals surface area contributed by atoms with Crippen LogP contribution in [-0.4, -0.2) is 11.5 Å². The Morgan fingerprint density at radius 2 is 1.89 bits per heavy atom. The molecule has 0 atom stereocenters. The van der Waals surface area contributed by atoms with Gasteiger partial charge >= 0.3 is 0 Å². The van der Waals surface area contributed by atoms with Gasteiger partial charge in [-0.2, -0.15) is 0 Å². The lowest BCUT2D eigenvalue weighted by molar-refractivity contribution is 0.770. The SMILES string of the molecule is Cc1cccc(C#CCNCc2ccccc2)n1. The van der Waals surface area contributed by atoms with E-state index in [0.717, 1.165) is 17.9 Å². The van der Waals surface area contributed by atoms with Crippen LogP contribution in [0.25, 0.3) is 0 Å². The van der Waals surface area contributed by atoms with E-state index in [1.165, 1.54) is 5.56 Å². The molecule has 2 heteroatoms. The molecule has 0 amide bonds. The van der Waals surface area contributed by atoms with Gasteiger partial charge in [0.15, 0.2) is 0 Å². The summed E-state index contributed by atoms with van der Waals surface area (Å²) < 4.78 is 0. The highest BCUT2D eigenvalue weighted by molar-refractivity contribution is 5.28. The minimum atomic E-state index is 0.671. The zero-order valence-electron chi connectivity index (χ0n) is 10.5. The third kappa shape index (κ3) is 4.04. The first kappa shape index (κ1) is 12.3. The number of pyridine rings is 1. The minimum Gasteiger partial charge on any atom is -0.302 e. The second kappa shape index (κ2) is 6.58. The number of nitrogens with zero attached hydrogens (tertiary/aromatic N) is 1. The maximum Gasteiger partial charge on any atom is 0.113 e. The molecule has 18 heavy (non-hydrogen) atoms. The van der Waals surface area contributed by atoms with E-state index in [0.29, 0.717) is 6.54 Å². The highest BCUT2D eigenvalue weighted by Gasteiger charge is 1.89. The highest BCUT2D eigenvalue weighted by atomic mass is 14.8. The van der Waals surface area contributed by atoms with Crippen molar-refractivity contribution in [3.8, 4) is 11.8 Å². The fourth-order valence-electron chi connectivity index (χ4n) is 1.61. The van der Waals surface area contributed by atoms with Crippen LogP contribution in [0.4, 0.5) is 0 Å². The van der Waals surface area contributed by atoms with Crippen LogP contribution in [0.2, 0.25) is 0 Å². The number of benzene rings is 1. The maximum atomic E-state index is 4.33. The van der Waals surface area contributed by atoms with Gasteiger partial charge in [0.25, 0.3) is 0 Å². The first-order chi connectivity index (χ1) is 8.84. The largest absolute Gasteiger partial charge is 0.302 e. The highest BCUT2D eigenvalue weighted by Crippen LogP contribution is 1.97. The predicted molar refractivity (Wildman–Crippen MR) is 74.0 cm³/mol. The molecule has 90 valence electrons. The molecule has 0 fully saturated rings. The molecule has 2 aromatic rings. The lowest BCUT2D eigenvalue weighted by atomic mass is 10.2. The minimum absolute atomic E-state index is 0.671. The number of aryl methyl sites for hydroxylation is 1. The summed E-state index contributed by atoms with van der Waals surface area (Å²) in [4.78, 5) is 4.33. The average Bonchev–Trinajstić information content (AvgIpc) is 2.40. The molecule has 0 aliphatic rings. The average molecular weight is 236 g/mol. The number of rotatable bonds is 3. The zero-order valence-corrected chi connectivity index (χ0v) is 10.5. The van der Waals surface area contributed by atoms with Crippen molar-refractivity contribution in [1.82, 2.24) is 10.3 Å². The molecular weight excluding hydrogens is 220 g/mol. The second-order valence-corrected chi connectivity index (χ2v) is 4.06. The van der Waals surface area contributed by atoms with Crippen molar-refractivity contribution in [2.24, 2.45) is 0 Å². The van der Waals surface area contributed by atoms with E-state index >= 15 is 0 Å². The van der Waals surface area contributed by atoms with Gasteiger partial charge in [0.1, 0.15) is 5.69 Å². The number of hydrogen-bond donors (Lipinski definition) is 1. The molecule has 0 spiro atoms. The third-order valence-corrected chi connectivity index (χ3v) is 2.49. The molecule has 0 bridgehead atoms. The molecule has 1 aromatic carbocycles. The summed E-state index contributed by atoms with van der Waals surface area (Å²) in [7, 11) is 0. The van der Waals surface area contributed by atoms with Crippen molar-refractivity contribution < 1.29 is 0 Å². The standard InChI is InChI=1S/C16H16N2/c1-14-7-5-10-16(18-14)11-6-12-17-13-15-8-3-2-4-9-15/h2-5,7-10,17H,12-13H2,1H3. The summed E-state index contributed by atoms with van der Waals surface area (Å²) in [6, 6.07) is 16.2. The summed E-state index contributed by atoms with van der Waals surface area (Å²) in [5.74, 6) is 6.12. The Hall–Kier alpha value is -2.11. The molecule has 0 saturated carbocycles. The van der Waals surface area contributed by atoms with Crippen molar-refractivity contribution in [2.45, 2.75) is 13.5 Å². The summed E-state index contributed by atoms with van der Waals surface area (Å²) in [5.41, 5.74) is 3.10. The van der Waals surface area contributed by atoms with E-state index in [-0.39, 0.29) is 0 Å². The van der Waals surface area contributed by atoms with E-state index in [4.69, 9.17) is 0 Å². The van der Waals surface area contributed by atoms with Crippen LogP contribution in [0.15, 0.2) is 48.5 Å². The van der Waals surface area contributed by atoms with Crippen LogP contribution in [-0.2, 0) is 6.54 Å². The summed E-state index contributed by atoms with van der Waals surface area (Å²) in [6.45, 7) is 3.49. The van der Waals surface area contributed by atoms with E-state index in [1.54, 1.807) is 0 Å². The molecule has 0 radical (unpaired) electrons. The molecule has 0 unspecified atom stereocenters. The van der Waals surface area contributed by atoms with Gasteiger partial charge in [0.05, 0.1) is 6.54 Å². The van der Waals surface area contributed by atoms with Crippen LogP contribution in [0.3, 0.4) is 0 Å². The van der Waals surface area contributed by atoms with Gasteiger partial charge in [-0.15, -0.1) is 0 Å². The Morgan fingerprint density at radius 3 is 2.67 bits per heavy atom. The van der Waals surface area contributed by atoms with Crippen molar-refractivity contribution in [3.05, 3.63) is 65.5 Å². The number of aromatic nitrogens is 1. The van der Waals surface area contributed by atoms with E-state index < -0.39 is 0 Å². The zero-order chi connectivity index (χ0) is 12.6. The van der Waals surface area contributed by atoms with E-state index in [1.807, 2.05) is 43.3 Å². The van der Waals surface area contributed by atoms with Crippen LogP contribution in [0, 0.1) is 18.8 Å². The van der Waals surface area contributed by atoms with Crippen LogP contribution in [0.5, 0.6) is 0 Å². The molecule has 1 N–H and O–H groups in total. The van der Waals surface area contributed by atoms with E-state index in [2.05, 4.69) is 34.3 Å². The topological polar surface area (TPSA) is 24.9 Å². The smallest absolute Gasteiger partial charge is 0.113 e. The Morgan fingerprint density at radius 1 is 1.06 bits per heavy atom. The van der Waals surface area contributed by atoms with Crippen molar-refractivity contribution >= 4 is 0 Å². The van der Waals surface area contributed by atoms with Crippen molar-refractivity contribution in [2.75, 3.05) is 6.54 Å². The van der Waals surface area contributed by atoms with Crippen LogP contribution >= 0.6 is 0 Å². The Balaban J connectivity index is 1.79. The van der Waals surface area contributed by atoms with Crippen LogP contribution in [0.1, 0.15) is 17.0 Å². The van der Waals surface area contributed by atoms with Crippen molar-refractivity contribution in [1.29, 1.82) is 0 Å². The van der Waals surface area contributed by atoms with Gasteiger partial charge in [-0.3, -0.25) is 0 Å². The fraction of sp³-hybridized carbons (Fsp3) is 0.188. The first-order valence-electron chi connectivity index (χ1n) is 6.02. The van der Waals surface area contributed by atoms with Gasteiger partial charge in [0, 0.05) is 12.2 Å². The molecule has 0 aliphatic carbocycles. The van der Waals surface area contributed by atoms with Crippen molar-refractivity contribution in [3.63, 3.8) is 0 Å². The third-order valence-electron chi connectivity index (χ3n) is 2.49. The Labute approximate surface area is 108 Å². The molecule has 1 heterocycles. The molecule has 0 saturated heterocycles. The Kier molecular flexibility index (Phi) is 4.52. The molecule has 1 aromatic heterocycles. The lowest BCUT2D eigenvalue weighted by Gasteiger charge is -1.99. The normalized spacial score (nSPS) is 9.61. The predicted octanol–water partition coefficient (Wildman–Crippen LogP) is 2.53. The van der Waals surface area contributed by atoms with Gasteiger partial charge in [0.2, 0.25) is 0 Å². The van der Waals surface area contributed by atoms with E-state index in [9.17, 15) is 0 Å². The molecule has 0 aliphatic heterocycles. The molecular formula is C16H16N2. The second-order valence-electron chi connectivity index (χ2n) is 4.06. The lowest BCUT2D eigenvalue weighted by Crippen LogP contribution is -2.12. The van der Waals surface area contributed by atoms with Gasteiger partial charge in [-0.1, -0.05) is 42.3 Å². The Bertz CT molecular complexity index is 550. The van der Waals surface area contributed by atoms with Crippen LogP contribution < -0.4 is 5.32 Å². The first-order valence-corrected chi connectivity index (χ1v) is 6.02. The molecule has 2 rings (SSSR count).